The zero-order chi connectivity index (χ0) is 15.4. The van der Waals surface area contributed by atoms with Crippen LogP contribution in [0.25, 0.3) is 0 Å². The Morgan fingerprint density at radius 2 is 2.10 bits per heavy atom. The number of hydrogen-bond donors (Lipinski definition) is 1. The van der Waals surface area contributed by atoms with Crippen LogP contribution in [0.3, 0.4) is 0 Å². The molecule has 0 saturated heterocycles. The van der Waals surface area contributed by atoms with Gasteiger partial charge in [0.25, 0.3) is 6.43 Å². The predicted octanol–water partition coefficient (Wildman–Crippen LogP) is 2.85. The van der Waals surface area contributed by atoms with Gasteiger partial charge in [0.2, 0.25) is 0 Å². The highest BCUT2D eigenvalue weighted by Gasteiger charge is 2.26. The first-order valence-corrected chi connectivity index (χ1v) is 6.81. The van der Waals surface area contributed by atoms with Crippen molar-refractivity contribution in [1.82, 2.24) is 15.0 Å². The molecule has 0 aliphatic rings. The van der Waals surface area contributed by atoms with Crippen LogP contribution in [0.2, 0.25) is 0 Å². The Bertz CT molecular complexity index is 648. The third kappa shape index (κ3) is 3.54. The van der Waals surface area contributed by atoms with Gasteiger partial charge in [0.15, 0.2) is 5.69 Å². The summed E-state index contributed by atoms with van der Waals surface area (Å²) in [7, 11) is 0. The molecule has 21 heavy (non-hydrogen) atoms. The molecule has 0 amide bonds. The molecule has 1 heterocycles. The van der Waals surface area contributed by atoms with Gasteiger partial charge in [-0.3, -0.25) is 0 Å². The second kappa shape index (κ2) is 6.61. The summed E-state index contributed by atoms with van der Waals surface area (Å²) in [5, 5.41) is 15.4. The smallest absolute Gasteiger partial charge is 0.358 e. The van der Waals surface area contributed by atoms with Gasteiger partial charge in [-0.05, 0) is 12.1 Å². The number of aromatic nitrogens is 3. The minimum atomic E-state index is -3.00. The van der Waals surface area contributed by atoms with Crippen LogP contribution >= 0.6 is 11.8 Å². The van der Waals surface area contributed by atoms with Gasteiger partial charge in [-0.15, -0.1) is 16.9 Å². The normalized spacial score (nSPS) is 11.0. The highest BCUT2D eigenvalue weighted by atomic mass is 32.2. The van der Waals surface area contributed by atoms with Crippen LogP contribution in [0, 0.1) is 5.82 Å². The van der Waals surface area contributed by atoms with Crippen molar-refractivity contribution in [2.24, 2.45) is 0 Å². The van der Waals surface area contributed by atoms with E-state index in [0.717, 1.165) is 16.4 Å². The van der Waals surface area contributed by atoms with E-state index in [0.29, 0.717) is 4.90 Å². The number of aryl methyl sites for hydroxylation is 1. The van der Waals surface area contributed by atoms with E-state index in [1.165, 1.54) is 6.07 Å². The van der Waals surface area contributed by atoms with E-state index in [1.54, 1.807) is 18.2 Å². The SMILES string of the molecule is O=C(O)c1nnn(CCSc2ccccc2F)c1C(F)F. The standard InChI is InChI=1S/C12H10F3N3O2S/c13-7-3-1-2-4-8(7)21-6-5-18-10(11(14)15)9(12(19)20)16-17-18/h1-4,11H,5-6H2,(H,19,20). The van der Waals surface area contributed by atoms with Crippen molar-refractivity contribution in [3.8, 4) is 0 Å². The number of carboxylic acid groups (broad SMARTS) is 1. The van der Waals surface area contributed by atoms with Crippen molar-refractivity contribution in [2.75, 3.05) is 5.75 Å². The summed E-state index contributed by atoms with van der Waals surface area (Å²) in [5.41, 5.74) is -1.50. The van der Waals surface area contributed by atoms with Crippen molar-refractivity contribution in [2.45, 2.75) is 17.9 Å². The van der Waals surface area contributed by atoms with E-state index in [2.05, 4.69) is 10.3 Å². The number of nitrogens with zero attached hydrogens (tertiary/aromatic N) is 3. The molecule has 0 spiro atoms. The average Bonchev–Trinajstić information content (AvgIpc) is 2.85. The van der Waals surface area contributed by atoms with Crippen molar-refractivity contribution in [1.29, 1.82) is 0 Å². The summed E-state index contributed by atoms with van der Waals surface area (Å²) in [6.07, 6.45) is -3.00. The fraction of sp³-hybridized carbons (Fsp3) is 0.250. The monoisotopic (exact) mass is 317 g/mol. The van der Waals surface area contributed by atoms with E-state index in [4.69, 9.17) is 5.11 Å². The van der Waals surface area contributed by atoms with Crippen LogP contribution in [0.4, 0.5) is 13.2 Å². The highest BCUT2D eigenvalue weighted by molar-refractivity contribution is 7.99. The fourth-order valence-corrected chi connectivity index (χ4v) is 2.52. The van der Waals surface area contributed by atoms with E-state index >= 15 is 0 Å². The van der Waals surface area contributed by atoms with Gasteiger partial charge < -0.3 is 5.11 Å². The number of carboxylic acids is 1. The Balaban J connectivity index is 2.07. The zero-order valence-corrected chi connectivity index (χ0v) is 11.4. The van der Waals surface area contributed by atoms with Crippen LogP contribution in [0.5, 0.6) is 0 Å². The lowest BCUT2D eigenvalue weighted by Gasteiger charge is -2.06. The molecule has 0 unspecified atom stereocenters. The van der Waals surface area contributed by atoms with Crippen LogP contribution in [-0.4, -0.2) is 31.8 Å². The minimum absolute atomic E-state index is 0.00104. The van der Waals surface area contributed by atoms with E-state index in [-0.39, 0.29) is 12.3 Å². The molecule has 0 bridgehead atoms. The fourth-order valence-electron chi connectivity index (χ4n) is 1.66. The van der Waals surface area contributed by atoms with E-state index < -0.39 is 29.6 Å². The first-order chi connectivity index (χ1) is 10.0. The molecule has 112 valence electrons. The number of alkyl halides is 2. The third-order valence-corrected chi connectivity index (χ3v) is 3.61. The van der Waals surface area contributed by atoms with Gasteiger partial charge in [-0.1, -0.05) is 17.3 Å². The van der Waals surface area contributed by atoms with E-state index in [9.17, 15) is 18.0 Å². The van der Waals surface area contributed by atoms with Crippen molar-refractivity contribution < 1.29 is 23.1 Å². The van der Waals surface area contributed by atoms with Gasteiger partial charge in [0.05, 0.1) is 6.54 Å². The molecule has 0 aliphatic heterocycles. The van der Waals surface area contributed by atoms with Crippen LogP contribution < -0.4 is 0 Å². The summed E-state index contributed by atoms with van der Waals surface area (Å²) < 4.78 is 39.9. The molecule has 0 atom stereocenters. The lowest BCUT2D eigenvalue weighted by molar-refractivity contribution is 0.0675. The Hall–Kier alpha value is -2.03. The molecule has 1 aromatic carbocycles. The van der Waals surface area contributed by atoms with Gasteiger partial charge in [0, 0.05) is 10.6 Å². The number of hydrogen-bond acceptors (Lipinski definition) is 4. The molecule has 5 nitrogen and oxygen atoms in total. The summed E-state index contributed by atoms with van der Waals surface area (Å²) in [6, 6.07) is 6.07. The molecular formula is C12H10F3N3O2S. The minimum Gasteiger partial charge on any atom is -0.476 e. The Morgan fingerprint density at radius 1 is 1.38 bits per heavy atom. The predicted molar refractivity (Wildman–Crippen MR) is 69.1 cm³/mol. The largest absolute Gasteiger partial charge is 0.476 e. The second-order valence-electron chi connectivity index (χ2n) is 3.93. The van der Waals surface area contributed by atoms with Crippen molar-refractivity contribution in [3.05, 3.63) is 41.5 Å². The van der Waals surface area contributed by atoms with Crippen molar-refractivity contribution >= 4 is 17.7 Å². The average molecular weight is 317 g/mol. The number of halogens is 3. The lowest BCUT2D eigenvalue weighted by atomic mass is 10.3. The van der Waals surface area contributed by atoms with Gasteiger partial charge >= 0.3 is 5.97 Å². The number of rotatable bonds is 6. The van der Waals surface area contributed by atoms with Crippen LogP contribution in [0.1, 0.15) is 22.6 Å². The lowest BCUT2D eigenvalue weighted by Crippen LogP contribution is -2.10. The molecule has 0 fully saturated rings. The Kier molecular flexibility index (Phi) is 4.84. The molecular weight excluding hydrogens is 307 g/mol. The maximum atomic E-state index is 13.4. The molecule has 0 radical (unpaired) electrons. The third-order valence-electron chi connectivity index (χ3n) is 2.58. The molecule has 9 heteroatoms. The molecule has 2 rings (SSSR count). The highest BCUT2D eigenvalue weighted by Crippen LogP contribution is 2.24. The first kappa shape index (κ1) is 15.4. The second-order valence-corrected chi connectivity index (χ2v) is 5.07. The summed E-state index contributed by atoms with van der Waals surface area (Å²) in [5.74, 6) is -1.71. The van der Waals surface area contributed by atoms with Crippen LogP contribution in [0.15, 0.2) is 29.2 Å². The topological polar surface area (TPSA) is 68.0 Å². The van der Waals surface area contributed by atoms with Gasteiger partial charge in [0.1, 0.15) is 11.5 Å². The van der Waals surface area contributed by atoms with E-state index in [1.807, 2.05) is 0 Å². The molecule has 0 aliphatic carbocycles. The Labute approximate surface area is 121 Å². The van der Waals surface area contributed by atoms with Crippen LogP contribution in [-0.2, 0) is 6.54 Å². The number of aromatic carboxylic acids is 1. The summed E-state index contributed by atoms with van der Waals surface area (Å²) in [4.78, 5) is 11.2. The summed E-state index contributed by atoms with van der Waals surface area (Å²) >= 11 is 1.12. The van der Waals surface area contributed by atoms with Gasteiger partial charge in [-0.2, -0.15) is 0 Å². The summed E-state index contributed by atoms with van der Waals surface area (Å²) in [6.45, 7) is -0.00104. The molecule has 0 saturated carbocycles. The molecule has 1 aromatic heterocycles. The first-order valence-electron chi connectivity index (χ1n) is 5.83. The van der Waals surface area contributed by atoms with Crippen molar-refractivity contribution in [3.63, 3.8) is 0 Å². The quantitative estimate of drug-likeness (QED) is 0.830. The number of benzene rings is 1. The maximum absolute atomic E-state index is 13.4. The molecule has 1 N–H and O–H groups in total. The number of thioether (sulfide) groups is 1. The molecule has 2 aromatic rings. The Morgan fingerprint density at radius 3 is 2.71 bits per heavy atom. The number of carbonyl (C=O) groups is 1. The maximum Gasteiger partial charge on any atom is 0.358 e. The van der Waals surface area contributed by atoms with Gasteiger partial charge in [-0.25, -0.2) is 22.6 Å². The zero-order valence-electron chi connectivity index (χ0n) is 10.5.